The Morgan fingerprint density at radius 3 is 1.97 bits per heavy atom. The first-order valence-electron chi connectivity index (χ1n) is 9.57. The summed E-state index contributed by atoms with van der Waals surface area (Å²) in [5.41, 5.74) is 2.22. The normalized spacial score (nSPS) is 15.3. The third-order valence-electron chi connectivity index (χ3n) is 4.92. The predicted molar refractivity (Wildman–Crippen MR) is 115 cm³/mol. The van der Waals surface area contributed by atoms with Crippen molar-refractivity contribution in [2.45, 2.75) is 68.7 Å². The number of rotatable bonds is 6. The van der Waals surface area contributed by atoms with Gasteiger partial charge in [-0.25, -0.2) is 21.6 Å². The summed E-state index contributed by atoms with van der Waals surface area (Å²) >= 11 is 0. The second-order valence-corrected chi connectivity index (χ2v) is 12.0. The van der Waals surface area contributed by atoms with Gasteiger partial charge >= 0.3 is 0 Å². The summed E-state index contributed by atoms with van der Waals surface area (Å²) in [6.07, 6.45) is 1.59. The van der Waals surface area contributed by atoms with E-state index in [1.54, 1.807) is 26.0 Å². The molecule has 1 fully saturated rings. The molecule has 29 heavy (non-hydrogen) atoms. The van der Waals surface area contributed by atoms with Gasteiger partial charge in [-0.15, -0.1) is 0 Å². The molecule has 2 N–H and O–H groups in total. The summed E-state index contributed by atoms with van der Waals surface area (Å²) in [5, 5.41) is 0. The second kappa shape index (κ2) is 7.41. The Morgan fingerprint density at radius 2 is 1.45 bits per heavy atom. The van der Waals surface area contributed by atoms with Crippen molar-refractivity contribution in [3.8, 4) is 0 Å². The summed E-state index contributed by atoms with van der Waals surface area (Å²) in [6.45, 7) is 9.73. The number of para-hydroxylation sites is 1. The van der Waals surface area contributed by atoms with Gasteiger partial charge in [-0.1, -0.05) is 45.0 Å². The lowest BCUT2D eigenvalue weighted by molar-refractivity contribution is 0.581. The highest BCUT2D eigenvalue weighted by Crippen LogP contribution is 2.32. The van der Waals surface area contributed by atoms with Gasteiger partial charge in [0.05, 0.1) is 10.6 Å². The van der Waals surface area contributed by atoms with Crippen LogP contribution in [0.4, 0.5) is 5.69 Å². The quantitative estimate of drug-likeness (QED) is 0.720. The van der Waals surface area contributed by atoms with Gasteiger partial charge in [0.1, 0.15) is 4.90 Å². The van der Waals surface area contributed by atoms with Crippen molar-refractivity contribution in [3.63, 3.8) is 0 Å². The summed E-state index contributed by atoms with van der Waals surface area (Å²) in [7, 11) is -7.78. The van der Waals surface area contributed by atoms with Crippen LogP contribution in [0.25, 0.3) is 0 Å². The van der Waals surface area contributed by atoms with Crippen LogP contribution < -0.4 is 9.44 Å². The first-order valence-corrected chi connectivity index (χ1v) is 12.5. The molecular weight excluding hydrogens is 408 g/mol. The minimum atomic E-state index is -3.97. The van der Waals surface area contributed by atoms with Gasteiger partial charge in [0.25, 0.3) is 10.0 Å². The number of anilines is 1. The maximum atomic E-state index is 13.2. The van der Waals surface area contributed by atoms with Crippen molar-refractivity contribution < 1.29 is 16.8 Å². The molecule has 6 nitrogen and oxygen atoms in total. The van der Waals surface area contributed by atoms with E-state index in [0.717, 1.165) is 18.4 Å². The first kappa shape index (κ1) is 21.8. The number of hydrogen-bond donors (Lipinski definition) is 2. The Labute approximate surface area is 173 Å². The van der Waals surface area contributed by atoms with Gasteiger partial charge in [0, 0.05) is 6.04 Å². The van der Waals surface area contributed by atoms with Crippen molar-refractivity contribution in [2.75, 3.05) is 4.72 Å². The van der Waals surface area contributed by atoms with E-state index in [4.69, 9.17) is 0 Å². The first-order chi connectivity index (χ1) is 13.3. The number of nitrogens with one attached hydrogen (secondary N) is 2. The van der Waals surface area contributed by atoms with Gasteiger partial charge in [-0.3, -0.25) is 4.72 Å². The molecule has 1 aliphatic rings. The van der Waals surface area contributed by atoms with Crippen LogP contribution >= 0.6 is 0 Å². The topological polar surface area (TPSA) is 92.3 Å². The van der Waals surface area contributed by atoms with Crippen molar-refractivity contribution in [3.05, 3.63) is 53.1 Å². The zero-order valence-corrected chi connectivity index (χ0v) is 19.0. The smallest absolute Gasteiger partial charge is 0.262 e. The van der Waals surface area contributed by atoms with Gasteiger partial charge in [0.2, 0.25) is 10.0 Å². The van der Waals surface area contributed by atoms with Crippen molar-refractivity contribution in [1.82, 2.24) is 4.72 Å². The van der Waals surface area contributed by atoms with E-state index in [1.165, 1.54) is 12.1 Å². The second-order valence-electron chi connectivity index (χ2n) is 8.69. The van der Waals surface area contributed by atoms with Crippen LogP contribution in [0, 0.1) is 13.8 Å². The van der Waals surface area contributed by atoms with Gasteiger partial charge in [0.15, 0.2) is 0 Å². The molecule has 158 valence electrons. The van der Waals surface area contributed by atoms with Crippen LogP contribution in [0.3, 0.4) is 0 Å². The number of hydrogen-bond acceptors (Lipinski definition) is 4. The lowest BCUT2D eigenvalue weighted by Crippen LogP contribution is -2.27. The molecule has 0 bridgehead atoms. The van der Waals surface area contributed by atoms with E-state index >= 15 is 0 Å². The highest BCUT2D eigenvalue weighted by Gasteiger charge is 2.31. The van der Waals surface area contributed by atoms with E-state index in [1.807, 2.05) is 12.1 Å². The minimum Gasteiger partial charge on any atom is -0.278 e. The molecular formula is C21H28N2O4S2. The van der Waals surface area contributed by atoms with Gasteiger partial charge < -0.3 is 0 Å². The van der Waals surface area contributed by atoms with Gasteiger partial charge in [-0.2, -0.15) is 0 Å². The average molecular weight is 437 g/mol. The zero-order valence-electron chi connectivity index (χ0n) is 17.4. The molecule has 0 amide bonds. The van der Waals surface area contributed by atoms with Crippen molar-refractivity contribution >= 4 is 25.7 Å². The average Bonchev–Trinajstić information content (AvgIpc) is 3.36. The monoisotopic (exact) mass is 436 g/mol. The fourth-order valence-electron chi connectivity index (χ4n) is 3.27. The molecule has 3 rings (SSSR count). The Kier molecular flexibility index (Phi) is 5.57. The van der Waals surface area contributed by atoms with Crippen molar-refractivity contribution in [2.24, 2.45) is 0 Å². The summed E-state index contributed by atoms with van der Waals surface area (Å²) < 4.78 is 56.8. The maximum absolute atomic E-state index is 13.2. The molecule has 0 aliphatic heterocycles. The Bertz CT molecular complexity index is 1120. The molecule has 0 heterocycles. The minimum absolute atomic E-state index is 0.0411. The third kappa shape index (κ3) is 4.82. The molecule has 2 aromatic rings. The molecule has 2 aromatic carbocycles. The van der Waals surface area contributed by atoms with E-state index < -0.39 is 20.0 Å². The van der Waals surface area contributed by atoms with E-state index in [-0.39, 0.29) is 26.9 Å². The molecule has 1 saturated carbocycles. The van der Waals surface area contributed by atoms with Crippen LogP contribution in [0.2, 0.25) is 0 Å². The highest BCUT2D eigenvalue weighted by molar-refractivity contribution is 7.93. The Balaban J connectivity index is 2.01. The molecule has 0 atom stereocenters. The SMILES string of the molecule is Cc1cc(C(C)(C)C)cc(C)c1S(=O)(=O)Nc1ccccc1S(=O)(=O)NC1CC1. The van der Waals surface area contributed by atoms with E-state index in [0.29, 0.717) is 11.1 Å². The number of benzene rings is 2. The van der Waals surface area contributed by atoms with E-state index in [2.05, 4.69) is 30.2 Å². The van der Waals surface area contributed by atoms with Crippen LogP contribution in [0.5, 0.6) is 0 Å². The van der Waals surface area contributed by atoms with Crippen LogP contribution in [0.15, 0.2) is 46.2 Å². The molecule has 0 spiro atoms. The van der Waals surface area contributed by atoms with Crippen LogP contribution in [-0.2, 0) is 25.5 Å². The zero-order chi connectivity index (χ0) is 21.6. The Morgan fingerprint density at radius 1 is 0.897 bits per heavy atom. The number of aryl methyl sites for hydroxylation is 2. The lowest BCUT2D eigenvalue weighted by atomic mass is 9.85. The maximum Gasteiger partial charge on any atom is 0.262 e. The molecule has 0 radical (unpaired) electrons. The largest absolute Gasteiger partial charge is 0.278 e. The fourth-order valence-corrected chi connectivity index (χ4v) is 6.34. The third-order valence-corrected chi connectivity index (χ3v) is 8.16. The Hall–Kier alpha value is -1.90. The van der Waals surface area contributed by atoms with E-state index in [9.17, 15) is 16.8 Å². The molecule has 0 unspecified atom stereocenters. The molecule has 8 heteroatoms. The predicted octanol–water partition coefficient (Wildman–Crippen LogP) is 3.84. The lowest BCUT2D eigenvalue weighted by Gasteiger charge is -2.22. The summed E-state index contributed by atoms with van der Waals surface area (Å²) in [5.74, 6) is 0. The summed E-state index contributed by atoms with van der Waals surface area (Å²) in [6, 6.07) is 9.74. The van der Waals surface area contributed by atoms with Gasteiger partial charge in [-0.05, 0) is 60.9 Å². The standard InChI is InChI=1S/C21H28N2O4S2/c1-14-12-16(21(3,4)5)13-15(2)20(14)29(26,27)23-18-8-6-7-9-19(18)28(24,25)22-17-10-11-17/h6-9,12-13,17,22-23H,10-11H2,1-5H3. The van der Waals surface area contributed by atoms with Crippen molar-refractivity contribution in [1.29, 1.82) is 0 Å². The van der Waals surface area contributed by atoms with Crippen LogP contribution in [-0.4, -0.2) is 22.9 Å². The molecule has 1 aliphatic carbocycles. The highest BCUT2D eigenvalue weighted by atomic mass is 32.2. The van der Waals surface area contributed by atoms with Crippen LogP contribution in [0.1, 0.15) is 50.3 Å². The molecule has 0 saturated heterocycles. The molecule has 0 aromatic heterocycles. The fraction of sp³-hybridized carbons (Fsp3) is 0.429. The number of sulfonamides is 2. The summed E-state index contributed by atoms with van der Waals surface area (Å²) in [4.78, 5) is 0.102.